The van der Waals surface area contributed by atoms with E-state index in [0.717, 1.165) is 77.8 Å². The van der Waals surface area contributed by atoms with Crippen LogP contribution >= 0.6 is 23.2 Å². The average molecular weight is 829 g/mol. The zero-order valence-electron chi connectivity index (χ0n) is 34.2. The molecule has 57 heavy (non-hydrogen) atoms. The Labute approximate surface area is 344 Å². The summed E-state index contributed by atoms with van der Waals surface area (Å²) in [6.45, 7) is 18.7. The van der Waals surface area contributed by atoms with Crippen molar-refractivity contribution in [2.24, 2.45) is 7.05 Å². The van der Waals surface area contributed by atoms with E-state index in [0.29, 0.717) is 49.1 Å². The first-order valence-corrected chi connectivity index (χ1v) is 23.9. The fourth-order valence-corrected chi connectivity index (χ4v) is 9.32. The molecule has 1 N–H and O–H groups in total. The van der Waals surface area contributed by atoms with Gasteiger partial charge in [-0.05, 0) is 113 Å². The smallest absolute Gasteiger partial charge is 0.335 e. The topological polar surface area (TPSA) is 104 Å². The molecule has 3 aromatic carbocycles. The van der Waals surface area contributed by atoms with Crippen LogP contribution in [-0.4, -0.2) is 63.7 Å². The number of carbonyl (C=O) groups is 2. The fraction of sp³-hybridized carbons (Fsp3) is 0.386. The molecule has 0 bridgehead atoms. The second-order valence-electron chi connectivity index (χ2n) is 16.6. The molecule has 1 aliphatic rings. The Hall–Kier alpha value is -4.55. The monoisotopic (exact) mass is 827 g/mol. The van der Waals surface area contributed by atoms with Gasteiger partial charge in [0.25, 0.3) is 5.91 Å². The van der Waals surface area contributed by atoms with Crippen molar-refractivity contribution in [3.05, 3.63) is 97.9 Å². The van der Waals surface area contributed by atoms with Crippen LogP contribution in [0.1, 0.15) is 68.3 Å². The molecule has 7 rings (SSSR count). The molecule has 0 radical (unpaired) electrons. The molecule has 1 atom stereocenters. The molecule has 300 valence electrons. The lowest BCUT2D eigenvalue weighted by Gasteiger charge is -2.34. The lowest BCUT2D eigenvalue weighted by molar-refractivity contribution is 0.0696. The third-order valence-corrected chi connectivity index (χ3v) is 13.8. The molecule has 10 nitrogen and oxygen atoms in total. The van der Waals surface area contributed by atoms with Crippen LogP contribution in [0.25, 0.3) is 32.9 Å². The number of halogens is 2. The second kappa shape index (κ2) is 15.7. The number of anilines is 1. The third-order valence-electron chi connectivity index (χ3n) is 11.2. The maximum Gasteiger partial charge on any atom is 0.335 e. The van der Waals surface area contributed by atoms with E-state index in [-0.39, 0.29) is 24.2 Å². The van der Waals surface area contributed by atoms with E-state index >= 15 is 4.79 Å². The minimum Gasteiger partial charge on any atom is -0.494 e. The van der Waals surface area contributed by atoms with Crippen molar-refractivity contribution < 1.29 is 24.2 Å². The van der Waals surface area contributed by atoms with Crippen LogP contribution < -0.4 is 9.64 Å². The van der Waals surface area contributed by atoms with Gasteiger partial charge in [0.1, 0.15) is 24.0 Å². The molecule has 1 amide bonds. The summed E-state index contributed by atoms with van der Waals surface area (Å²) < 4.78 is 18.6. The molecule has 0 spiro atoms. The van der Waals surface area contributed by atoms with Gasteiger partial charge in [-0.1, -0.05) is 48.9 Å². The highest BCUT2D eigenvalue weighted by Crippen LogP contribution is 2.45. The standard InChI is InChI=1S/C44H51Cl2N5O5Si/c1-25-19-32(20-26(2)40(25)46)56-16-10-11-33-34-13-14-35(45)39(38-28(4)47-48(6)29(38)5)41(34)51-27(3)23-49(43(52)42(33)51)37-22-31-21-30(44(53)54)12-15-36(31)50(37)24-55-17-18-57(7,8)9/h12-15,19-22,27H,10-11,16-18,23-24H2,1-9H3,(H,53,54)/t27-/m1/s1. The maximum absolute atomic E-state index is 15.3. The number of aromatic carboxylic acids is 1. The van der Waals surface area contributed by atoms with Crippen molar-refractivity contribution in [2.75, 3.05) is 24.7 Å². The van der Waals surface area contributed by atoms with Gasteiger partial charge in [0, 0.05) is 66.9 Å². The van der Waals surface area contributed by atoms with Crippen molar-refractivity contribution in [1.29, 1.82) is 0 Å². The van der Waals surface area contributed by atoms with Gasteiger partial charge < -0.3 is 23.7 Å². The largest absolute Gasteiger partial charge is 0.494 e. The Kier molecular flexibility index (Phi) is 11.2. The first-order chi connectivity index (χ1) is 27.0. The number of fused-ring (bicyclic) bond motifs is 4. The van der Waals surface area contributed by atoms with E-state index in [2.05, 4.69) is 31.1 Å². The van der Waals surface area contributed by atoms with Crippen LogP contribution in [0, 0.1) is 27.7 Å². The average Bonchev–Trinajstić information content (AvgIpc) is 3.76. The number of hydrogen-bond donors (Lipinski definition) is 1. The molecule has 0 aliphatic carbocycles. The number of hydrogen-bond acceptors (Lipinski definition) is 5. The quantitative estimate of drug-likeness (QED) is 0.0918. The Bertz CT molecular complexity index is 2540. The first kappa shape index (κ1) is 40.6. The molecular formula is C44H51Cl2N5O5Si. The SMILES string of the molecule is Cc1cc(OCCCc2c3n(c4c(-c5c(C)nn(C)c5C)c(Cl)ccc24)[C@H](C)CN(c2cc4cc(C(=O)O)ccc4n2COCC[Si](C)(C)C)C3=O)cc(C)c1Cl. The third kappa shape index (κ3) is 7.62. The molecular weight excluding hydrogens is 778 g/mol. The van der Waals surface area contributed by atoms with Gasteiger partial charge in [0.2, 0.25) is 0 Å². The Balaban J connectivity index is 1.35. The summed E-state index contributed by atoms with van der Waals surface area (Å²) in [4.78, 5) is 29.2. The van der Waals surface area contributed by atoms with E-state index < -0.39 is 14.0 Å². The molecule has 1 aliphatic heterocycles. The molecule has 13 heteroatoms. The van der Waals surface area contributed by atoms with Gasteiger partial charge in [0.15, 0.2) is 0 Å². The predicted molar refractivity (Wildman–Crippen MR) is 233 cm³/mol. The summed E-state index contributed by atoms with van der Waals surface area (Å²) in [5.74, 6) is 0.272. The van der Waals surface area contributed by atoms with Gasteiger partial charge in [-0.3, -0.25) is 14.4 Å². The molecule has 4 heterocycles. The summed E-state index contributed by atoms with van der Waals surface area (Å²) in [7, 11) is 0.573. The number of amides is 1. The molecule has 3 aromatic heterocycles. The Morgan fingerprint density at radius 3 is 2.35 bits per heavy atom. The maximum atomic E-state index is 15.3. The number of aromatic nitrogens is 4. The lowest BCUT2D eigenvalue weighted by atomic mass is 9.98. The van der Waals surface area contributed by atoms with Crippen molar-refractivity contribution >= 4 is 70.8 Å². The highest BCUT2D eigenvalue weighted by molar-refractivity contribution is 6.76. The van der Waals surface area contributed by atoms with Gasteiger partial charge in [-0.25, -0.2) is 4.79 Å². The van der Waals surface area contributed by atoms with Crippen LogP contribution in [0.3, 0.4) is 0 Å². The molecule has 0 fully saturated rings. The van der Waals surface area contributed by atoms with Gasteiger partial charge in [0.05, 0.1) is 33.9 Å². The van der Waals surface area contributed by atoms with E-state index in [9.17, 15) is 9.90 Å². The van der Waals surface area contributed by atoms with Crippen molar-refractivity contribution in [3.8, 4) is 16.9 Å². The summed E-state index contributed by atoms with van der Waals surface area (Å²) in [6, 6.07) is 15.7. The van der Waals surface area contributed by atoms with Crippen LogP contribution in [-0.2, 0) is 24.9 Å². The second-order valence-corrected chi connectivity index (χ2v) is 23.0. The summed E-state index contributed by atoms with van der Waals surface area (Å²) >= 11 is 13.6. The molecule has 6 aromatic rings. The fourth-order valence-electron chi connectivity index (χ4n) is 8.21. The van der Waals surface area contributed by atoms with Crippen LogP contribution in [0.5, 0.6) is 5.75 Å². The minimum atomic E-state index is -1.36. The van der Waals surface area contributed by atoms with Crippen LogP contribution in [0.4, 0.5) is 5.82 Å². The van der Waals surface area contributed by atoms with E-state index in [4.69, 9.17) is 37.8 Å². The lowest BCUT2D eigenvalue weighted by Crippen LogP contribution is -2.43. The van der Waals surface area contributed by atoms with Gasteiger partial charge in [-0.15, -0.1) is 0 Å². The summed E-state index contributed by atoms with van der Waals surface area (Å²) in [5.41, 5.74) is 9.03. The number of carboxylic acid groups (broad SMARTS) is 1. The normalized spacial score (nSPS) is 14.6. The minimum absolute atomic E-state index is 0.143. The zero-order chi connectivity index (χ0) is 41.1. The Morgan fingerprint density at radius 1 is 0.982 bits per heavy atom. The van der Waals surface area contributed by atoms with E-state index in [1.54, 1.807) is 18.2 Å². The molecule has 0 unspecified atom stereocenters. The first-order valence-electron chi connectivity index (χ1n) is 19.5. The predicted octanol–water partition coefficient (Wildman–Crippen LogP) is 10.8. The van der Waals surface area contributed by atoms with Gasteiger partial charge in [-0.2, -0.15) is 5.10 Å². The number of nitrogens with zero attached hydrogens (tertiary/aromatic N) is 5. The van der Waals surface area contributed by atoms with Crippen LogP contribution in [0.2, 0.25) is 35.7 Å². The number of carboxylic acids is 1. The number of aryl methyl sites for hydroxylation is 5. The van der Waals surface area contributed by atoms with Gasteiger partial charge >= 0.3 is 5.97 Å². The van der Waals surface area contributed by atoms with Crippen molar-refractivity contribution in [1.82, 2.24) is 18.9 Å². The molecule has 0 saturated heterocycles. The number of carbonyl (C=O) groups excluding carboxylic acids is 1. The zero-order valence-corrected chi connectivity index (χ0v) is 36.7. The van der Waals surface area contributed by atoms with E-state index in [1.165, 1.54) is 0 Å². The van der Waals surface area contributed by atoms with Crippen LogP contribution in [0.15, 0.2) is 48.5 Å². The summed E-state index contributed by atoms with van der Waals surface area (Å²) in [6.07, 6.45) is 1.23. The Morgan fingerprint density at radius 2 is 1.70 bits per heavy atom. The molecule has 0 saturated carbocycles. The van der Waals surface area contributed by atoms with Crippen molar-refractivity contribution in [3.63, 3.8) is 0 Å². The highest BCUT2D eigenvalue weighted by atomic mass is 35.5. The van der Waals surface area contributed by atoms with E-state index in [1.807, 2.05) is 79.2 Å². The summed E-state index contributed by atoms with van der Waals surface area (Å²) in [5, 5.41) is 17.6. The number of benzene rings is 3. The van der Waals surface area contributed by atoms with Crippen molar-refractivity contribution in [2.45, 2.75) is 85.9 Å². The number of rotatable bonds is 13. The highest BCUT2D eigenvalue weighted by Gasteiger charge is 2.38. The number of ether oxygens (including phenoxy) is 2.